The van der Waals surface area contributed by atoms with Crippen LogP contribution in [0.1, 0.15) is 32.3 Å². The topological polar surface area (TPSA) is 47.6 Å². The molecular formula is C16H25NO3. The Morgan fingerprint density at radius 2 is 2.00 bits per heavy atom. The van der Waals surface area contributed by atoms with Crippen molar-refractivity contribution in [2.45, 2.75) is 39.2 Å². The first-order valence-corrected chi connectivity index (χ1v) is 7.20. The Morgan fingerprint density at radius 1 is 1.30 bits per heavy atom. The summed E-state index contributed by atoms with van der Waals surface area (Å²) in [4.78, 5) is 11.1. The van der Waals surface area contributed by atoms with Gasteiger partial charge in [0.2, 0.25) is 0 Å². The molecule has 1 aromatic rings. The van der Waals surface area contributed by atoms with Crippen molar-refractivity contribution < 1.29 is 14.3 Å². The van der Waals surface area contributed by atoms with Gasteiger partial charge in [0.25, 0.3) is 0 Å². The summed E-state index contributed by atoms with van der Waals surface area (Å²) in [6.45, 7) is 4.93. The van der Waals surface area contributed by atoms with Crippen LogP contribution in [0.2, 0.25) is 0 Å². The molecule has 0 aromatic heterocycles. The summed E-state index contributed by atoms with van der Waals surface area (Å²) in [5, 5.41) is 3.22. The summed E-state index contributed by atoms with van der Waals surface area (Å²) in [7, 11) is 1.96. The summed E-state index contributed by atoms with van der Waals surface area (Å²) < 4.78 is 10.5. The van der Waals surface area contributed by atoms with Gasteiger partial charge >= 0.3 is 5.97 Å². The molecule has 0 bridgehead atoms. The molecule has 1 N–H and O–H groups in total. The average molecular weight is 279 g/mol. The lowest BCUT2D eigenvalue weighted by atomic mass is 10.1. The lowest BCUT2D eigenvalue weighted by Gasteiger charge is -2.11. The first-order chi connectivity index (χ1) is 9.65. The lowest BCUT2D eigenvalue weighted by Crippen LogP contribution is -2.23. The average Bonchev–Trinajstić information content (AvgIpc) is 2.45. The van der Waals surface area contributed by atoms with Gasteiger partial charge in [0, 0.05) is 12.5 Å². The van der Waals surface area contributed by atoms with E-state index < -0.39 is 0 Å². The predicted molar refractivity (Wildman–Crippen MR) is 80.0 cm³/mol. The number of likely N-dealkylation sites (N-methyl/N-ethyl adjacent to an activating group) is 1. The summed E-state index contributed by atoms with van der Waals surface area (Å²) in [5.74, 6) is 0.683. The molecule has 0 amide bonds. The first kappa shape index (κ1) is 16.5. The van der Waals surface area contributed by atoms with E-state index in [0.717, 1.165) is 12.2 Å². The molecular weight excluding hydrogens is 254 g/mol. The van der Waals surface area contributed by atoms with Crippen LogP contribution in [-0.2, 0) is 16.0 Å². The number of hydrogen-bond donors (Lipinski definition) is 1. The van der Waals surface area contributed by atoms with Crippen LogP contribution >= 0.6 is 0 Å². The number of benzene rings is 1. The molecule has 0 saturated carbocycles. The molecule has 0 spiro atoms. The van der Waals surface area contributed by atoms with Crippen molar-refractivity contribution in [1.29, 1.82) is 0 Å². The largest absolute Gasteiger partial charge is 0.494 e. The van der Waals surface area contributed by atoms with Gasteiger partial charge in [-0.25, -0.2) is 0 Å². The highest BCUT2D eigenvalue weighted by atomic mass is 16.5. The second kappa shape index (κ2) is 9.37. The summed E-state index contributed by atoms with van der Waals surface area (Å²) >= 11 is 0. The second-order valence-electron chi connectivity index (χ2n) is 4.79. The van der Waals surface area contributed by atoms with Gasteiger partial charge in [-0.2, -0.15) is 0 Å². The number of ether oxygens (including phenoxy) is 2. The third kappa shape index (κ3) is 6.57. The Kier molecular flexibility index (Phi) is 7.73. The van der Waals surface area contributed by atoms with Crippen LogP contribution in [0, 0.1) is 0 Å². The highest BCUT2D eigenvalue weighted by molar-refractivity contribution is 5.69. The smallest absolute Gasteiger partial charge is 0.305 e. The molecule has 0 fully saturated rings. The van der Waals surface area contributed by atoms with Gasteiger partial charge in [0.1, 0.15) is 5.75 Å². The van der Waals surface area contributed by atoms with Gasteiger partial charge in [-0.15, -0.1) is 0 Å². The SMILES string of the molecule is CCOC(=O)CCCOc1ccc(C[C@@H](C)NC)cc1. The van der Waals surface area contributed by atoms with Crippen molar-refractivity contribution in [2.75, 3.05) is 20.3 Å². The zero-order chi connectivity index (χ0) is 14.8. The van der Waals surface area contributed by atoms with E-state index in [4.69, 9.17) is 9.47 Å². The molecule has 1 aromatic carbocycles. The zero-order valence-electron chi connectivity index (χ0n) is 12.6. The Balaban J connectivity index is 2.26. The zero-order valence-corrected chi connectivity index (χ0v) is 12.6. The number of hydrogen-bond acceptors (Lipinski definition) is 4. The molecule has 0 radical (unpaired) electrons. The third-order valence-electron chi connectivity index (χ3n) is 3.06. The number of carbonyl (C=O) groups is 1. The Bertz CT molecular complexity index is 389. The molecule has 0 aliphatic heterocycles. The van der Waals surface area contributed by atoms with Crippen molar-refractivity contribution in [3.05, 3.63) is 29.8 Å². The molecule has 0 unspecified atom stereocenters. The van der Waals surface area contributed by atoms with Gasteiger partial charge in [-0.1, -0.05) is 12.1 Å². The van der Waals surface area contributed by atoms with E-state index in [1.807, 2.05) is 26.1 Å². The van der Waals surface area contributed by atoms with Crippen LogP contribution in [-0.4, -0.2) is 32.3 Å². The van der Waals surface area contributed by atoms with Crippen LogP contribution in [0.25, 0.3) is 0 Å². The molecule has 112 valence electrons. The van der Waals surface area contributed by atoms with E-state index in [1.54, 1.807) is 0 Å². The fourth-order valence-electron chi connectivity index (χ4n) is 1.82. The van der Waals surface area contributed by atoms with Crippen LogP contribution in [0.3, 0.4) is 0 Å². The maximum atomic E-state index is 11.1. The molecule has 0 heterocycles. The first-order valence-electron chi connectivity index (χ1n) is 7.20. The molecule has 1 atom stereocenters. The van der Waals surface area contributed by atoms with E-state index >= 15 is 0 Å². The normalized spacial score (nSPS) is 11.9. The van der Waals surface area contributed by atoms with Gasteiger partial charge in [-0.05, 0) is 51.4 Å². The van der Waals surface area contributed by atoms with Gasteiger partial charge in [0.15, 0.2) is 0 Å². The van der Waals surface area contributed by atoms with E-state index in [2.05, 4.69) is 24.4 Å². The van der Waals surface area contributed by atoms with Crippen LogP contribution in [0.5, 0.6) is 5.75 Å². The Morgan fingerprint density at radius 3 is 2.60 bits per heavy atom. The standard InChI is InChI=1S/C16H25NO3/c1-4-19-16(18)6-5-11-20-15-9-7-14(8-10-15)12-13(2)17-3/h7-10,13,17H,4-6,11-12H2,1-3H3/t13-/m1/s1. The molecule has 0 saturated heterocycles. The second-order valence-corrected chi connectivity index (χ2v) is 4.79. The monoisotopic (exact) mass is 279 g/mol. The number of rotatable bonds is 9. The summed E-state index contributed by atoms with van der Waals surface area (Å²) in [6, 6.07) is 8.57. The van der Waals surface area contributed by atoms with Crippen molar-refractivity contribution in [1.82, 2.24) is 5.32 Å². The Hall–Kier alpha value is -1.55. The van der Waals surface area contributed by atoms with Gasteiger partial charge in [0.05, 0.1) is 13.2 Å². The van der Waals surface area contributed by atoms with Gasteiger partial charge < -0.3 is 14.8 Å². The van der Waals surface area contributed by atoms with Gasteiger partial charge in [-0.3, -0.25) is 4.79 Å². The number of esters is 1. The van der Waals surface area contributed by atoms with E-state index in [-0.39, 0.29) is 5.97 Å². The van der Waals surface area contributed by atoms with Crippen LogP contribution in [0.15, 0.2) is 24.3 Å². The van der Waals surface area contributed by atoms with Crippen molar-refractivity contribution in [3.8, 4) is 5.75 Å². The third-order valence-corrected chi connectivity index (χ3v) is 3.06. The fourth-order valence-corrected chi connectivity index (χ4v) is 1.82. The van der Waals surface area contributed by atoms with E-state index in [9.17, 15) is 4.79 Å². The molecule has 1 rings (SSSR count). The van der Waals surface area contributed by atoms with Crippen LogP contribution in [0.4, 0.5) is 0 Å². The van der Waals surface area contributed by atoms with Crippen molar-refractivity contribution >= 4 is 5.97 Å². The van der Waals surface area contributed by atoms with E-state index in [1.165, 1.54) is 5.56 Å². The minimum atomic E-state index is -0.160. The minimum absolute atomic E-state index is 0.160. The molecule has 4 heteroatoms. The van der Waals surface area contributed by atoms with Crippen molar-refractivity contribution in [2.24, 2.45) is 0 Å². The predicted octanol–water partition coefficient (Wildman–Crippen LogP) is 2.56. The van der Waals surface area contributed by atoms with Crippen LogP contribution < -0.4 is 10.1 Å². The fraction of sp³-hybridized carbons (Fsp3) is 0.562. The Labute approximate surface area is 121 Å². The molecule has 20 heavy (non-hydrogen) atoms. The quantitative estimate of drug-likeness (QED) is 0.557. The summed E-state index contributed by atoms with van der Waals surface area (Å²) in [6.07, 6.45) is 2.09. The highest BCUT2D eigenvalue weighted by Crippen LogP contribution is 2.14. The minimum Gasteiger partial charge on any atom is -0.494 e. The maximum absolute atomic E-state index is 11.1. The van der Waals surface area contributed by atoms with E-state index in [0.29, 0.717) is 32.1 Å². The number of nitrogens with one attached hydrogen (secondary N) is 1. The number of carbonyl (C=O) groups excluding carboxylic acids is 1. The molecule has 0 aliphatic rings. The summed E-state index contributed by atoms with van der Waals surface area (Å²) in [5.41, 5.74) is 1.28. The lowest BCUT2D eigenvalue weighted by molar-refractivity contribution is -0.143. The van der Waals surface area contributed by atoms with Crippen molar-refractivity contribution in [3.63, 3.8) is 0 Å². The maximum Gasteiger partial charge on any atom is 0.305 e. The highest BCUT2D eigenvalue weighted by Gasteiger charge is 2.03. The molecule has 4 nitrogen and oxygen atoms in total. The molecule has 0 aliphatic carbocycles.